The Kier molecular flexibility index (Phi) is 37.4. The van der Waals surface area contributed by atoms with Crippen molar-refractivity contribution in [1.82, 2.24) is 0 Å². The second kappa shape index (κ2) is 38.3. The van der Waals surface area contributed by atoms with Gasteiger partial charge in [-0.1, -0.05) is 128 Å². The first-order valence-electron chi connectivity index (χ1n) is 19.1. The molecule has 46 heavy (non-hydrogen) atoms. The van der Waals surface area contributed by atoms with Gasteiger partial charge in [-0.25, -0.2) is 0 Å². The van der Waals surface area contributed by atoms with E-state index in [1.165, 1.54) is 77.0 Å². The number of rotatable bonds is 36. The zero-order valence-electron chi connectivity index (χ0n) is 29.9. The van der Waals surface area contributed by atoms with Gasteiger partial charge in [-0.15, -0.1) is 0 Å². The molecule has 0 aromatic heterocycles. The third-order valence-corrected chi connectivity index (χ3v) is 8.57. The summed E-state index contributed by atoms with van der Waals surface area (Å²) in [6.45, 7) is 5.96. The normalized spacial score (nSPS) is 11.7. The quantitative estimate of drug-likeness (QED) is 0.0279. The first kappa shape index (κ1) is 44.9. The fourth-order valence-electron chi connectivity index (χ4n) is 5.34. The van der Waals surface area contributed by atoms with Crippen LogP contribution in [0.25, 0.3) is 0 Å². The standard InChI is InChI=1S/C38H70BBrO6/c1-3-5-7-9-11-19-25-33-43-37(41)30-23-17-13-15-21-28-36(46-39-32-27-35-45-40)29-22-16-14-18-24-31-38(42)44-34-26-20-12-10-8-6-4-2/h19-20,25-26,36,39H,3-18,21-24,27-35H2,1-2H3/b25-19+,26-20+. The van der Waals surface area contributed by atoms with E-state index in [1.54, 1.807) is 0 Å². The van der Waals surface area contributed by atoms with E-state index in [9.17, 15) is 9.59 Å². The fourth-order valence-corrected chi connectivity index (χ4v) is 5.57. The Labute approximate surface area is 293 Å². The van der Waals surface area contributed by atoms with Crippen LogP contribution in [0.2, 0.25) is 6.32 Å². The molecule has 0 saturated carbocycles. The van der Waals surface area contributed by atoms with Gasteiger partial charge in [0.05, 0.1) is 22.9 Å². The molecule has 0 aliphatic heterocycles. The molecule has 0 amide bonds. The van der Waals surface area contributed by atoms with Crippen LogP contribution >= 0.6 is 16.3 Å². The smallest absolute Gasteiger partial charge is 0.306 e. The van der Waals surface area contributed by atoms with Crippen molar-refractivity contribution in [3.63, 3.8) is 0 Å². The Balaban J connectivity index is 3.92. The van der Waals surface area contributed by atoms with E-state index < -0.39 is 0 Å². The van der Waals surface area contributed by atoms with Crippen LogP contribution in [0.15, 0.2) is 24.3 Å². The monoisotopic (exact) mass is 712 g/mol. The molecular formula is C38H70BBrO6. The Morgan fingerprint density at radius 1 is 0.587 bits per heavy atom. The number of carbonyl (C=O) groups is 2. The molecule has 0 heterocycles. The van der Waals surface area contributed by atoms with Crippen LogP contribution in [0.3, 0.4) is 0 Å². The van der Waals surface area contributed by atoms with E-state index >= 15 is 0 Å². The van der Waals surface area contributed by atoms with Gasteiger partial charge >= 0.3 is 11.9 Å². The SMILES string of the molecule is CCCCCC/C=C/COC(=O)CCCCCCCC(CCCCCCCC(=O)OC/C=C/CCCCCC)OBCCCOBr. The second-order valence-corrected chi connectivity index (χ2v) is 13.1. The highest BCUT2D eigenvalue weighted by molar-refractivity contribution is 9.06. The zero-order chi connectivity index (χ0) is 33.6. The molecular weight excluding hydrogens is 643 g/mol. The number of ether oxygens (including phenoxy) is 2. The third-order valence-electron chi connectivity index (χ3n) is 8.25. The van der Waals surface area contributed by atoms with Crippen molar-refractivity contribution in [3.8, 4) is 0 Å². The van der Waals surface area contributed by atoms with Crippen LogP contribution in [-0.2, 0) is 27.5 Å². The number of unbranched alkanes of at least 4 members (excludes halogenated alkanes) is 16. The molecule has 8 heteroatoms. The maximum atomic E-state index is 12.0. The van der Waals surface area contributed by atoms with Gasteiger partial charge in [0.1, 0.15) is 13.2 Å². The molecule has 0 aliphatic carbocycles. The molecule has 0 unspecified atom stereocenters. The lowest BCUT2D eigenvalue weighted by Crippen LogP contribution is -2.16. The topological polar surface area (TPSA) is 71.1 Å². The lowest BCUT2D eigenvalue weighted by atomic mass is 9.91. The third kappa shape index (κ3) is 35.7. The lowest BCUT2D eigenvalue weighted by molar-refractivity contribution is -0.143. The first-order chi connectivity index (χ1) is 22.6. The van der Waals surface area contributed by atoms with Gasteiger partial charge in [-0.05, 0) is 64.1 Å². The molecule has 0 spiro atoms. The molecule has 0 aromatic rings. The van der Waals surface area contributed by atoms with Crippen molar-refractivity contribution in [2.75, 3.05) is 19.8 Å². The van der Waals surface area contributed by atoms with E-state index in [2.05, 4.69) is 42.3 Å². The predicted molar refractivity (Wildman–Crippen MR) is 199 cm³/mol. The summed E-state index contributed by atoms with van der Waals surface area (Å²) in [5.41, 5.74) is 0. The van der Waals surface area contributed by atoms with Gasteiger partial charge in [0, 0.05) is 18.9 Å². The maximum absolute atomic E-state index is 12.0. The number of hydrogen-bond donors (Lipinski definition) is 0. The molecule has 0 aromatic carbocycles. The van der Waals surface area contributed by atoms with Gasteiger partial charge in [-0.3, -0.25) is 9.59 Å². The van der Waals surface area contributed by atoms with Crippen LogP contribution in [0.5, 0.6) is 0 Å². The highest BCUT2D eigenvalue weighted by atomic mass is 79.9. The number of allylic oxidation sites excluding steroid dienone is 2. The maximum Gasteiger partial charge on any atom is 0.306 e. The van der Waals surface area contributed by atoms with Crippen LogP contribution in [-0.4, -0.2) is 45.3 Å². The number of hydrogen-bond acceptors (Lipinski definition) is 6. The Hall–Kier alpha value is -1.12. The van der Waals surface area contributed by atoms with Crippen molar-refractivity contribution in [3.05, 3.63) is 24.3 Å². The van der Waals surface area contributed by atoms with Gasteiger partial charge in [0.15, 0.2) is 0 Å². The minimum Gasteiger partial charge on any atom is -0.461 e. The summed E-state index contributed by atoms with van der Waals surface area (Å²) >= 11 is 3.02. The van der Waals surface area contributed by atoms with E-state index in [0.29, 0.717) is 38.8 Å². The molecule has 0 bridgehead atoms. The minimum absolute atomic E-state index is 0.0782. The van der Waals surface area contributed by atoms with E-state index in [1.807, 2.05) is 12.2 Å². The van der Waals surface area contributed by atoms with Gasteiger partial charge in [0.2, 0.25) is 0 Å². The van der Waals surface area contributed by atoms with Crippen molar-refractivity contribution in [1.29, 1.82) is 0 Å². The van der Waals surface area contributed by atoms with Crippen LogP contribution < -0.4 is 0 Å². The summed E-state index contributed by atoms with van der Waals surface area (Å²) in [5.74, 6) is -0.156. The molecule has 0 rings (SSSR count). The van der Waals surface area contributed by atoms with Crippen molar-refractivity contribution >= 4 is 35.7 Å². The Bertz CT molecular complexity index is 665. The summed E-state index contributed by atoms with van der Waals surface area (Å²) in [7, 11) is 0.785. The van der Waals surface area contributed by atoms with Crippen LogP contribution in [0, 0.1) is 0 Å². The molecule has 6 nitrogen and oxygen atoms in total. The zero-order valence-corrected chi connectivity index (χ0v) is 31.5. The predicted octanol–water partition coefficient (Wildman–Crippen LogP) is 11.5. The number of esters is 2. The largest absolute Gasteiger partial charge is 0.461 e. The number of carbonyl (C=O) groups excluding carboxylic acids is 2. The molecule has 0 saturated heterocycles. The Morgan fingerprint density at radius 2 is 1.04 bits per heavy atom. The average molecular weight is 714 g/mol. The molecule has 0 aliphatic rings. The molecule has 0 radical (unpaired) electrons. The molecule has 0 N–H and O–H groups in total. The van der Waals surface area contributed by atoms with Gasteiger partial charge < -0.3 is 18.0 Å². The Morgan fingerprint density at radius 3 is 1.52 bits per heavy atom. The van der Waals surface area contributed by atoms with Crippen LogP contribution in [0.1, 0.15) is 174 Å². The van der Waals surface area contributed by atoms with Crippen LogP contribution in [0.4, 0.5) is 0 Å². The van der Waals surface area contributed by atoms with Crippen molar-refractivity contribution < 1.29 is 27.5 Å². The molecule has 268 valence electrons. The van der Waals surface area contributed by atoms with Gasteiger partial charge in [0.25, 0.3) is 7.48 Å². The number of halogens is 1. The average Bonchev–Trinajstić information content (AvgIpc) is 3.05. The van der Waals surface area contributed by atoms with E-state index in [-0.39, 0.29) is 11.9 Å². The lowest BCUT2D eigenvalue weighted by Gasteiger charge is -2.18. The fraction of sp³-hybridized carbons (Fsp3) is 0.842. The van der Waals surface area contributed by atoms with Gasteiger partial charge in [-0.2, -0.15) is 0 Å². The van der Waals surface area contributed by atoms with Crippen molar-refractivity contribution in [2.24, 2.45) is 0 Å². The summed E-state index contributed by atoms with van der Waals surface area (Å²) in [6, 6.07) is 0. The van der Waals surface area contributed by atoms with E-state index in [4.69, 9.17) is 18.0 Å². The highest BCUT2D eigenvalue weighted by Crippen LogP contribution is 2.17. The highest BCUT2D eigenvalue weighted by Gasteiger charge is 2.10. The second-order valence-electron chi connectivity index (χ2n) is 12.6. The minimum atomic E-state index is -0.0782. The summed E-state index contributed by atoms with van der Waals surface area (Å²) < 4.78 is 21.9. The molecule has 0 atom stereocenters. The van der Waals surface area contributed by atoms with Crippen molar-refractivity contribution in [2.45, 2.75) is 187 Å². The summed E-state index contributed by atoms with van der Waals surface area (Å²) in [4.78, 5) is 23.9. The summed E-state index contributed by atoms with van der Waals surface area (Å²) in [6.07, 6.45) is 37.0. The first-order valence-corrected chi connectivity index (χ1v) is 19.7. The van der Waals surface area contributed by atoms with E-state index in [0.717, 1.165) is 84.4 Å². The molecule has 0 fully saturated rings. The summed E-state index contributed by atoms with van der Waals surface area (Å²) in [5, 5.41) is 0.